The topological polar surface area (TPSA) is 29.5 Å². The van der Waals surface area contributed by atoms with Crippen LogP contribution in [0.15, 0.2) is 209 Å². The highest BCUT2D eigenvalue weighted by molar-refractivity contribution is 6.11. The molecule has 0 bridgehead atoms. The van der Waals surface area contributed by atoms with E-state index in [0.29, 0.717) is 0 Å². The first-order valence-electron chi connectivity index (χ1n) is 21.2. The highest BCUT2D eigenvalue weighted by Crippen LogP contribution is 2.62. The summed E-state index contributed by atoms with van der Waals surface area (Å²) in [6, 6.07) is 73.0. The molecule has 61 heavy (non-hydrogen) atoms. The second-order valence-electron chi connectivity index (χ2n) is 17.2. The quantitative estimate of drug-likeness (QED) is 0.178. The normalized spacial score (nSPS) is 14.3. The minimum atomic E-state index is -0.442. The van der Waals surface area contributed by atoms with Gasteiger partial charge in [0.15, 0.2) is 5.58 Å². The third-order valence-electron chi connectivity index (χ3n) is 13.8. The van der Waals surface area contributed by atoms with Crippen molar-refractivity contribution in [2.24, 2.45) is 0 Å². The number of hydrogen-bond donors (Lipinski definition) is 0. The molecule has 2 heterocycles. The lowest BCUT2D eigenvalue weighted by atomic mass is 9.55. The average molecular weight is 782 g/mol. The van der Waals surface area contributed by atoms with Crippen LogP contribution in [0, 0.1) is 0 Å². The summed E-state index contributed by atoms with van der Waals surface area (Å²) >= 11 is 0. The lowest BCUT2D eigenvalue weighted by Gasteiger charge is -2.46. The van der Waals surface area contributed by atoms with E-state index in [1.54, 1.807) is 0 Å². The van der Waals surface area contributed by atoms with Gasteiger partial charge in [-0.05, 0) is 110 Å². The average Bonchev–Trinajstić information content (AvgIpc) is 3.97. The molecule has 3 nitrogen and oxygen atoms in total. The van der Waals surface area contributed by atoms with Crippen molar-refractivity contribution >= 4 is 60.9 Å². The van der Waals surface area contributed by atoms with Crippen molar-refractivity contribution in [2.75, 3.05) is 4.90 Å². The molecule has 11 aromatic rings. The number of nitrogens with zero attached hydrogens (tertiary/aromatic N) is 1. The van der Waals surface area contributed by atoms with Crippen LogP contribution < -0.4 is 4.90 Å². The highest BCUT2D eigenvalue weighted by Gasteiger charge is 2.53. The van der Waals surface area contributed by atoms with Crippen LogP contribution >= 0.6 is 0 Å². The molecule has 0 unspecified atom stereocenters. The monoisotopic (exact) mass is 781 g/mol. The molecule has 0 amide bonds. The molecule has 288 valence electrons. The third-order valence-corrected chi connectivity index (χ3v) is 13.8. The highest BCUT2D eigenvalue weighted by atomic mass is 16.3. The Bertz CT molecular complexity index is 3530. The summed E-state index contributed by atoms with van der Waals surface area (Å²) in [5.74, 6) is 0. The van der Waals surface area contributed by atoms with Gasteiger partial charge in [-0.25, -0.2) is 0 Å². The SMILES string of the molecule is CC1(C)c2ccccc2C2(c3ccccc3-c3ccc(-c4ccc(N(c5ccc6oc7ccccc7c6c5)c5cccc6c5oc5ccccc56)cc4)cc32)c2ccccc21. The molecule has 0 aliphatic heterocycles. The van der Waals surface area contributed by atoms with E-state index in [1.807, 2.05) is 24.3 Å². The zero-order valence-electron chi connectivity index (χ0n) is 33.8. The predicted octanol–water partition coefficient (Wildman–Crippen LogP) is 15.6. The molecule has 0 saturated carbocycles. The van der Waals surface area contributed by atoms with Crippen LogP contribution in [0.2, 0.25) is 0 Å². The summed E-state index contributed by atoms with van der Waals surface area (Å²) in [5, 5.41) is 4.37. The molecule has 1 spiro atoms. The van der Waals surface area contributed by atoms with Crippen molar-refractivity contribution in [3.63, 3.8) is 0 Å². The van der Waals surface area contributed by atoms with Gasteiger partial charge in [-0.2, -0.15) is 0 Å². The summed E-state index contributed by atoms with van der Waals surface area (Å²) in [5.41, 5.74) is 19.1. The number of para-hydroxylation sites is 3. The van der Waals surface area contributed by atoms with Crippen LogP contribution in [0.25, 0.3) is 66.1 Å². The van der Waals surface area contributed by atoms with Crippen molar-refractivity contribution in [1.29, 1.82) is 0 Å². The fourth-order valence-electron chi connectivity index (χ4n) is 11.0. The predicted molar refractivity (Wildman–Crippen MR) is 251 cm³/mol. The van der Waals surface area contributed by atoms with Gasteiger partial charge in [0.05, 0.1) is 11.1 Å². The Labute approximate surface area is 353 Å². The third kappa shape index (κ3) is 4.63. The van der Waals surface area contributed by atoms with Crippen LogP contribution in [0.4, 0.5) is 17.1 Å². The van der Waals surface area contributed by atoms with E-state index in [0.717, 1.165) is 66.5 Å². The fraction of sp³-hybridized carbons (Fsp3) is 0.0690. The van der Waals surface area contributed by atoms with Crippen LogP contribution in [0.3, 0.4) is 0 Å². The van der Waals surface area contributed by atoms with Crippen LogP contribution in [-0.4, -0.2) is 0 Å². The molecule has 13 rings (SSSR count). The van der Waals surface area contributed by atoms with E-state index in [1.165, 1.54) is 50.1 Å². The van der Waals surface area contributed by atoms with E-state index in [9.17, 15) is 0 Å². The van der Waals surface area contributed by atoms with Crippen molar-refractivity contribution in [1.82, 2.24) is 0 Å². The molecule has 2 aromatic heterocycles. The van der Waals surface area contributed by atoms with Crippen molar-refractivity contribution < 1.29 is 8.83 Å². The molecule has 0 N–H and O–H groups in total. The first-order chi connectivity index (χ1) is 30.0. The molecule has 0 fully saturated rings. The minimum Gasteiger partial charge on any atom is -0.456 e. The summed E-state index contributed by atoms with van der Waals surface area (Å²) in [6.07, 6.45) is 0. The maximum absolute atomic E-state index is 6.67. The van der Waals surface area contributed by atoms with Gasteiger partial charge in [0.1, 0.15) is 16.7 Å². The number of hydrogen-bond acceptors (Lipinski definition) is 3. The number of furan rings is 2. The smallest absolute Gasteiger partial charge is 0.159 e. The van der Waals surface area contributed by atoms with Gasteiger partial charge in [0.25, 0.3) is 0 Å². The van der Waals surface area contributed by atoms with Crippen LogP contribution in [0.1, 0.15) is 47.2 Å². The van der Waals surface area contributed by atoms with Crippen molar-refractivity contribution in [3.05, 3.63) is 234 Å². The van der Waals surface area contributed by atoms with Crippen LogP contribution in [0.5, 0.6) is 0 Å². The van der Waals surface area contributed by atoms with Gasteiger partial charge in [0, 0.05) is 38.3 Å². The number of fused-ring (bicyclic) bond motifs is 15. The van der Waals surface area contributed by atoms with E-state index >= 15 is 0 Å². The molecular weight excluding hydrogens is 743 g/mol. The molecule has 0 saturated heterocycles. The lowest BCUT2D eigenvalue weighted by Crippen LogP contribution is -2.40. The number of benzene rings is 9. The Morgan fingerprint density at radius 2 is 0.902 bits per heavy atom. The number of rotatable bonds is 4. The Morgan fingerprint density at radius 3 is 1.64 bits per heavy atom. The summed E-state index contributed by atoms with van der Waals surface area (Å²) in [6.45, 7) is 4.76. The van der Waals surface area contributed by atoms with Crippen LogP contribution in [-0.2, 0) is 10.8 Å². The number of anilines is 3. The molecule has 0 radical (unpaired) electrons. The maximum Gasteiger partial charge on any atom is 0.159 e. The van der Waals surface area contributed by atoms with Crippen molar-refractivity contribution in [2.45, 2.75) is 24.7 Å². The summed E-state index contributed by atoms with van der Waals surface area (Å²) in [4.78, 5) is 2.32. The van der Waals surface area contributed by atoms with E-state index in [4.69, 9.17) is 8.83 Å². The lowest BCUT2D eigenvalue weighted by molar-refractivity contribution is 0.563. The Balaban J connectivity index is 0.994. The molecule has 9 aromatic carbocycles. The van der Waals surface area contributed by atoms with Gasteiger partial charge >= 0.3 is 0 Å². The van der Waals surface area contributed by atoms with E-state index < -0.39 is 5.41 Å². The largest absolute Gasteiger partial charge is 0.456 e. The minimum absolute atomic E-state index is 0.141. The Kier molecular flexibility index (Phi) is 6.99. The summed E-state index contributed by atoms with van der Waals surface area (Å²) in [7, 11) is 0. The van der Waals surface area contributed by atoms with Gasteiger partial charge in [-0.3, -0.25) is 0 Å². The van der Waals surface area contributed by atoms with E-state index in [-0.39, 0.29) is 5.41 Å². The second-order valence-corrected chi connectivity index (χ2v) is 17.2. The Morgan fingerprint density at radius 1 is 0.361 bits per heavy atom. The van der Waals surface area contributed by atoms with Gasteiger partial charge in [-0.1, -0.05) is 159 Å². The zero-order valence-corrected chi connectivity index (χ0v) is 33.8. The fourth-order valence-corrected chi connectivity index (χ4v) is 11.0. The first kappa shape index (κ1) is 34.3. The Hall–Kier alpha value is -7.62. The molecule has 2 aliphatic rings. The maximum atomic E-state index is 6.67. The van der Waals surface area contributed by atoms with Gasteiger partial charge < -0.3 is 13.7 Å². The molecule has 2 aliphatic carbocycles. The van der Waals surface area contributed by atoms with E-state index in [2.05, 4.69) is 195 Å². The first-order valence-corrected chi connectivity index (χ1v) is 21.2. The molecule has 3 heteroatoms. The van der Waals surface area contributed by atoms with Gasteiger partial charge in [0.2, 0.25) is 0 Å². The zero-order chi connectivity index (χ0) is 40.5. The van der Waals surface area contributed by atoms with Gasteiger partial charge in [-0.15, -0.1) is 0 Å². The summed E-state index contributed by atoms with van der Waals surface area (Å²) < 4.78 is 12.9. The standard InChI is InChI=1S/C58H39NO2/c1-57(2)47-19-7-9-21-49(47)58(50-22-10-8-20-48(50)57)46-18-6-3-14-40(46)41-32-28-37(34-51(41)58)36-26-29-38(30-27-36)59(39-31-33-55-45(35-39)43-16-5-11-24-53(43)60-55)52-23-13-17-44-42-15-4-12-25-54(42)61-56(44)52/h3-35H,1-2H3. The molecule has 0 atom stereocenters. The second kappa shape index (κ2) is 12.5. The molecular formula is C58H39NO2. The van der Waals surface area contributed by atoms with Crippen molar-refractivity contribution in [3.8, 4) is 22.3 Å².